The van der Waals surface area contributed by atoms with Crippen LogP contribution in [0.5, 0.6) is 5.75 Å². The van der Waals surface area contributed by atoms with Crippen molar-refractivity contribution in [1.82, 2.24) is 4.98 Å². The van der Waals surface area contributed by atoms with Crippen molar-refractivity contribution in [3.63, 3.8) is 0 Å². The van der Waals surface area contributed by atoms with Gasteiger partial charge in [0.2, 0.25) is 0 Å². The lowest BCUT2D eigenvalue weighted by Crippen LogP contribution is -2.08. The molecule has 0 amide bonds. The first kappa shape index (κ1) is 16.9. The van der Waals surface area contributed by atoms with Crippen molar-refractivity contribution in [2.24, 2.45) is 5.10 Å². The zero-order valence-corrected chi connectivity index (χ0v) is 14.4. The summed E-state index contributed by atoms with van der Waals surface area (Å²) >= 11 is 0. The Morgan fingerprint density at radius 2 is 2.32 bits per heavy atom. The predicted molar refractivity (Wildman–Crippen MR) is 95.9 cm³/mol. The second-order valence-electron chi connectivity index (χ2n) is 5.88. The van der Waals surface area contributed by atoms with Crippen LogP contribution in [-0.2, 0) is 17.8 Å². The van der Waals surface area contributed by atoms with Crippen molar-refractivity contribution >= 4 is 12.0 Å². The number of benzene rings is 1. The lowest BCUT2D eigenvalue weighted by molar-refractivity contribution is 0.184. The maximum absolute atomic E-state index is 9.41. The third-order valence-electron chi connectivity index (χ3n) is 3.96. The van der Waals surface area contributed by atoms with Gasteiger partial charge in [-0.05, 0) is 55.2 Å². The maximum atomic E-state index is 9.41. The number of aryl methyl sites for hydroxylation is 2. The lowest BCUT2D eigenvalue weighted by atomic mass is 10.0. The summed E-state index contributed by atoms with van der Waals surface area (Å²) in [6.45, 7) is 3.01. The number of ether oxygens (including phenoxy) is 2. The minimum absolute atomic E-state index is 0.357. The van der Waals surface area contributed by atoms with Crippen molar-refractivity contribution < 1.29 is 9.47 Å². The monoisotopic (exact) mass is 336 g/mol. The van der Waals surface area contributed by atoms with E-state index in [1.54, 1.807) is 13.3 Å². The van der Waals surface area contributed by atoms with E-state index in [4.69, 9.17) is 9.47 Å². The highest BCUT2D eigenvalue weighted by atomic mass is 16.5. The maximum Gasteiger partial charge on any atom is 0.164 e. The van der Waals surface area contributed by atoms with Gasteiger partial charge in [-0.3, -0.25) is 5.43 Å². The van der Waals surface area contributed by atoms with Crippen molar-refractivity contribution in [3.8, 4) is 11.8 Å². The number of anilines is 1. The Morgan fingerprint density at radius 3 is 3.12 bits per heavy atom. The Labute approximate surface area is 147 Å². The fourth-order valence-electron chi connectivity index (χ4n) is 2.84. The van der Waals surface area contributed by atoms with E-state index in [0.717, 1.165) is 42.0 Å². The normalized spacial score (nSPS) is 13.2. The molecule has 0 radical (unpaired) electrons. The van der Waals surface area contributed by atoms with Gasteiger partial charge in [0.25, 0.3) is 0 Å². The molecule has 0 spiro atoms. The van der Waals surface area contributed by atoms with E-state index in [0.29, 0.717) is 18.0 Å². The quantitative estimate of drug-likeness (QED) is 0.670. The van der Waals surface area contributed by atoms with Crippen LogP contribution in [0.25, 0.3) is 0 Å². The Morgan fingerprint density at radius 1 is 1.44 bits per heavy atom. The fraction of sp³-hybridized carbons (Fsp3) is 0.316. The number of nitriles is 1. The second-order valence-corrected chi connectivity index (χ2v) is 5.88. The number of rotatable bonds is 5. The molecule has 0 aliphatic carbocycles. The molecule has 128 valence electrons. The number of aromatic nitrogens is 1. The number of hydrazone groups is 1. The van der Waals surface area contributed by atoms with E-state index in [9.17, 15) is 5.26 Å². The molecular formula is C19H20N4O2. The highest BCUT2D eigenvalue weighted by Crippen LogP contribution is 2.25. The number of hydrogen-bond acceptors (Lipinski definition) is 6. The van der Waals surface area contributed by atoms with Gasteiger partial charge in [-0.1, -0.05) is 0 Å². The Hall–Kier alpha value is -2.91. The molecule has 1 N–H and O–H groups in total. The van der Waals surface area contributed by atoms with Gasteiger partial charge in [0.05, 0.1) is 19.4 Å². The fourth-order valence-corrected chi connectivity index (χ4v) is 2.84. The van der Waals surface area contributed by atoms with Crippen LogP contribution in [0.3, 0.4) is 0 Å². The van der Waals surface area contributed by atoms with Gasteiger partial charge < -0.3 is 9.47 Å². The highest BCUT2D eigenvalue weighted by Gasteiger charge is 2.11. The van der Waals surface area contributed by atoms with Crippen LogP contribution in [-0.4, -0.2) is 24.9 Å². The van der Waals surface area contributed by atoms with Crippen LogP contribution in [0.4, 0.5) is 5.82 Å². The summed E-state index contributed by atoms with van der Waals surface area (Å²) < 4.78 is 10.8. The molecule has 0 atom stereocenters. The van der Waals surface area contributed by atoms with E-state index in [2.05, 4.69) is 27.6 Å². The standard InChI is InChI=1S/C19H20N4O2/c1-13-8-16(12-24-2)17(10-20)19(22-13)23-21-11-14-5-6-18-15(9-14)4-3-7-25-18/h5-6,8-9,11H,3-4,7,12H2,1-2H3,(H,22,23). The molecule has 2 heterocycles. The molecule has 1 aromatic heterocycles. The molecule has 2 aromatic rings. The zero-order chi connectivity index (χ0) is 17.6. The number of pyridine rings is 1. The van der Waals surface area contributed by atoms with E-state index in [1.807, 2.05) is 25.1 Å². The van der Waals surface area contributed by atoms with Crippen molar-refractivity contribution in [1.29, 1.82) is 5.26 Å². The smallest absolute Gasteiger partial charge is 0.164 e. The number of hydrogen-bond donors (Lipinski definition) is 1. The minimum atomic E-state index is 0.357. The first-order chi connectivity index (χ1) is 12.2. The van der Waals surface area contributed by atoms with Gasteiger partial charge in [-0.25, -0.2) is 4.98 Å². The second kappa shape index (κ2) is 7.77. The minimum Gasteiger partial charge on any atom is -0.493 e. The third kappa shape index (κ3) is 3.95. The molecule has 1 aliphatic rings. The summed E-state index contributed by atoms with van der Waals surface area (Å²) in [4.78, 5) is 4.37. The summed E-state index contributed by atoms with van der Waals surface area (Å²) in [5, 5.41) is 13.7. The lowest BCUT2D eigenvalue weighted by Gasteiger charge is -2.17. The van der Waals surface area contributed by atoms with Gasteiger partial charge in [0, 0.05) is 18.4 Å². The number of methoxy groups -OCH3 is 1. The molecule has 1 aromatic carbocycles. The molecule has 0 fully saturated rings. The third-order valence-corrected chi connectivity index (χ3v) is 3.96. The first-order valence-corrected chi connectivity index (χ1v) is 8.15. The molecule has 0 unspecified atom stereocenters. The van der Waals surface area contributed by atoms with Gasteiger partial charge in [0.1, 0.15) is 17.4 Å². The van der Waals surface area contributed by atoms with E-state index in [-0.39, 0.29) is 0 Å². The van der Waals surface area contributed by atoms with Crippen molar-refractivity contribution in [2.45, 2.75) is 26.4 Å². The molecule has 3 rings (SSSR count). The number of nitrogens with zero attached hydrogens (tertiary/aromatic N) is 3. The van der Waals surface area contributed by atoms with Gasteiger partial charge in [0.15, 0.2) is 5.82 Å². The van der Waals surface area contributed by atoms with E-state index >= 15 is 0 Å². The topological polar surface area (TPSA) is 79.5 Å². The Bertz CT molecular complexity index is 840. The molecule has 0 saturated carbocycles. The van der Waals surface area contributed by atoms with Crippen molar-refractivity contribution in [3.05, 3.63) is 52.2 Å². The van der Waals surface area contributed by atoms with Crippen molar-refractivity contribution in [2.75, 3.05) is 19.1 Å². The zero-order valence-electron chi connectivity index (χ0n) is 14.4. The summed E-state index contributed by atoms with van der Waals surface area (Å²) in [5.41, 5.74) is 7.09. The molecule has 25 heavy (non-hydrogen) atoms. The van der Waals surface area contributed by atoms with Crippen LogP contribution in [0, 0.1) is 18.3 Å². The van der Waals surface area contributed by atoms with Crippen LogP contribution in [0.1, 0.15) is 34.4 Å². The summed E-state index contributed by atoms with van der Waals surface area (Å²) in [6, 6.07) is 10.0. The number of fused-ring (bicyclic) bond motifs is 1. The molecule has 0 saturated heterocycles. The van der Waals surface area contributed by atoms with Gasteiger partial charge in [-0.15, -0.1) is 0 Å². The van der Waals surface area contributed by atoms with Crippen LogP contribution in [0.15, 0.2) is 29.4 Å². The SMILES string of the molecule is COCc1cc(C)nc(NN=Cc2ccc3c(c2)CCCO3)c1C#N. The van der Waals surface area contributed by atoms with Crippen LogP contribution in [0.2, 0.25) is 0 Å². The van der Waals surface area contributed by atoms with E-state index < -0.39 is 0 Å². The van der Waals surface area contributed by atoms with E-state index in [1.165, 1.54) is 5.56 Å². The average Bonchev–Trinajstić information content (AvgIpc) is 2.62. The van der Waals surface area contributed by atoms with Gasteiger partial charge in [-0.2, -0.15) is 10.4 Å². The molecule has 1 aliphatic heterocycles. The molecule has 6 nitrogen and oxygen atoms in total. The Kier molecular flexibility index (Phi) is 5.26. The summed E-state index contributed by atoms with van der Waals surface area (Å²) in [7, 11) is 1.60. The van der Waals surface area contributed by atoms with Gasteiger partial charge >= 0.3 is 0 Å². The number of nitrogens with one attached hydrogen (secondary N) is 1. The predicted octanol–water partition coefficient (Wildman–Crippen LogP) is 3.18. The van der Waals surface area contributed by atoms with Crippen LogP contribution < -0.4 is 10.2 Å². The summed E-state index contributed by atoms with van der Waals surface area (Å²) in [6.07, 6.45) is 3.77. The molecule has 6 heteroatoms. The average molecular weight is 336 g/mol. The Balaban J connectivity index is 1.79. The first-order valence-electron chi connectivity index (χ1n) is 8.15. The largest absolute Gasteiger partial charge is 0.493 e. The summed E-state index contributed by atoms with van der Waals surface area (Å²) in [5.74, 6) is 1.39. The highest BCUT2D eigenvalue weighted by molar-refractivity contribution is 5.81. The molecular weight excluding hydrogens is 316 g/mol. The molecule has 0 bridgehead atoms. The van der Waals surface area contributed by atoms with Crippen LogP contribution >= 0.6 is 0 Å².